The van der Waals surface area contributed by atoms with E-state index in [1.807, 2.05) is 18.2 Å². The maximum absolute atomic E-state index is 12.9. The van der Waals surface area contributed by atoms with Crippen LogP contribution in [-0.4, -0.2) is 72.1 Å². The van der Waals surface area contributed by atoms with Crippen LogP contribution in [-0.2, 0) is 21.4 Å². The van der Waals surface area contributed by atoms with Gasteiger partial charge in [-0.3, -0.25) is 4.79 Å². The molecule has 3 heterocycles. The SMILES string of the molecule is CCCCCCN1CC(C(=O)NCc2ccc3c(-c4cccc(C(N)=S)c4)cn(C4CCN(S(C)(=O)=O)CC4)c3c2)C1. The first-order valence-electron chi connectivity index (χ1n) is 15.1. The molecule has 2 aliphatic heterocycles. The summed E-state index contributed by atoms with van der Waals surface area (Å²) >= 11 is 5.23. The molecule has 3 N–H and O–H groups in total. The van der Waals surface area contributed by atoms with Crippen molar-refractivity contribution >= 4 is 44.0 Å². The Kier molecular flexibility index (Phi) is 9.67. The summed E-state index contributed by atoms with van der Waals surface area (Å²) in [4.78, 5) is 15.6. The minimum absolute atomic E-state index is 0.0660. The number of nitrogens with one attached hydrogen (secondary N) is 1. The van der Waals surface area contributed by atoms with Gasteiger partial charge in [0.05, 0.1) is 12.2 Å². The zero-order valence-corrected chi connectivity index (χ0v) is 26.4. The summed E-state index contributed by atoms with van der Waals surface area (Å²) in [6.45, 7) is 6.49. The second kappa shape index (κ2) is 13.2. The third-order valence-electron chi connectivity index (χ3n) is 8.77. The first-order chi connectivity index (χ1) is 20.1. The number of nitrogens with zero attached hydrogens (tertiary/aromatic N) is 3. The van der Waals surface area contributed by atoms with Gasteiger partial charge in [-0.15, -0.1) is 0 Å². The van der Waals surface area contributed by atoms with E-state index >= 15 is 0 Å². The van der Waals surface area contributed by atoms with Crippen molar-refractivity contribution < 1.29 is 13.2 Å². The standard InChI is InChI=1S/C32H43N5O3S2/c1-3-4-5-6-14-35-20-26(21-35)32(38)34-19-23-10-11-28-29(24-8-7-9-25(18-24)31(33)41)22-37(30(28)17-23)27-12-15-36(16-13-27)42(2,39)40/h7-11,17-18,22,26-27H,3-6,12-16,19-21H2,1-2H3,(H2,33,41)(H,34,38). The highest BCUT2D eigenvalue weighted by Gasteiger charge is 2.32. The minimum atomic E-state index is -3.21. The van der Waals surface area contributed by atoms with Gasteiger partial charge in [0.15, 0.2) is 0 Å². The molecule has 42 heavy (non-hydrogen) atoms. The van der Waals surface area contributed by atoms with Gasteiger partial charge in [-0.1, -0.05) is 68.7 Å². The summed E-state index contributed by atoms with van der Waals surface area (Å²) in [7, 11) is -3.21. The molecule has 1 amide bonds. The van der Waals surface area contributed by atoms with Crippen molar-refractivity contribution in [1.82, 2.24) is 19.1 Å². The van der Waals surface area contributed by atoms with Crippen molar-refractivity contribution in [1.29, 1.82) is 0 Å². The molecule has 1 aromatic heterocycles. The molecule has 3 aromatic rings. The van der Waals surface area contributed by atoms with Gasteiger partial charge in [0.25, 0.3) is 0 Å². The van der Waals surface area contributed by atoms with E-state index in [9.17, 15) is 13.2 Å². The van der Waals surface area contributed by atoms with Crippen LogP contribution in [0.15, 0.2) is 48.7 Å². The molecule has 0 radical (unpaired) electrons. The summed E-state index contributed by atoms with van der Waals surface area (Å²) in [5.41, 5.74) is 11.0. The third kappa shape index (κ3) is 7.05. The summed E-state index contributed by atoms with van der Waals surface area (Å²) < 4.78 is 28.1. The van der Waals surface area contributed by atoms with Crippen LogP contribution >= 0.6 is 12.2 Å². The van der Waals surface area contributed by atoms with Gasteiger partial charge in [0.2, 0.25) is 15.9 Å². The van der Waals surface area contributed by atoms with Crippen LogP contribution in [0.1, 0.15) is 62.6 Å². The number of carbonyl (C=O) groups excluding carboxylic acids is 1. The molecular formula is C32H43N5O3S2. The van der Waals surface area contributed by atoms with Crippen LogP contribution in [0, 0.1) is 5.92 Å². The van der Waals surface area contributed by atoms with E-state index in [0.29, 0.717) is 24.6 Å². The average Bonchev–Trinajstić information content (AvgIpc) is 3.33. The highest BCUT2D eigenvalue weighted by atomic mass is 32.2. The monoisotopic (exact) mass is 609 g/mol. The summed E-state index contributed by atoms with van der Waals surface area (Å²) in [5, 5.41) is 4.27. The maximum atomic E-state index is 12.9. The lowest BCUT2D eigenvalue weighted by Gasteiger charge is -2.38. The molecule has 0 aliphatic carbocycles. The lowest BCUT2D eigenvalue weighted by molar-refractivity contribution is -0.130. The van der Waals surface area contributed by atoms with Crippen LogP contribution < -0.4 is 11.1 Å². The number of rotatable bonds is 12. The van der Waals surface area contributed by atoms with Crippen LogP contribution in [0.4, 0.5) is 0 Å². The Morgan fingerprint density at radius 1 is 1.07 bits per heavy atom. The van der Waals surface area contributed by atoms with Crippen molar-refractivity contribution in [3.8, 4) is 11.1 Å². The summed E-state index contributed by atoms with van der Waals surface area (Å²) in [5.74, 6) is 0.190. The third-order valence-corrected chi connectivity index (χ3v) is 10.3. The minimum Gasteiger partial charge on any atom is -0.389 e. The first-order valence-corrected chi connectivity index (χ1v) is 17.4. The van der Waals surface area contributed by atoms with Crippen molar-refractivity contribution in [3.63, 3.8) is 0 Å². The average molecular weight is 610 g/mol. The second-order valence-electron chi connectivity index (χ2n) is 11.9. The van der Waals surface area contributed by atoms with Crippen molar-refractivity contribution in [2.45, 2.75) is 58.0 Å². The highest BCUT2D eigenvalue weighted by Crippen LogP contribution is 2.36. The quantitative estimate of drug-likeness (QED) is 0.229. The van der Waals surface area contributed by atoms with E-state index in [1.54, 1.807) is 4.31 Å². The fraction of sp³-hybridized carbons (Fsp3) is 0.500. The lowest BCUT2D eigenvalue weighted by Crippen LogP contribution is -2.53. The zero-order valence-electron chi connectivity index (χ0n) is 24.7. The second-order valence-corrected chi connectivity index (χ2v) is 14.3. The number of aromatic nitrogens is 1. The summed E-state index contributed by atoms with van der Waals surface area (Å²) in [6.07, 6.45) is 9.92. The van der Waals surface area contributed by atoms with Gasteiger partial charge < -0.3 is 20.5 Å². The van der Waals surface area contributed by atoms with Gasteiger partial charge in [-0.05, 0) is 49.1 Å². The zero-order chi connectivity index (χ0) is 29.9. The lowest BCUT2D eigenvalue weighted by atomic mass is 9.98. The van der Waals surface area contributed by atoms with Crippen molar-refractivity contribution in [2.75, 3.05) is 39.0 Å². The molecule has 0 atom stereocenters. The molecule has 8 nitrogen and oxygen atoms in total. The molecular weight excluding hydrogens is 567 g/mol. The number of unbranched alkanes of at least 4 members (excludes halogenated alkanes) is 3. The smallest absolute Gasteiger partial charge is 0.225 e. The number of sulfonamides is 1. The molecule has 0 saturated carbocycles. The number of likely N-dealkylation sites (tertiary alicyclic amines) is 1. The predicted octanol–water partition coefficient (Wildman–Crippen LogP) is 4.67. The molecule has 226 valence electrons. The van der Waals surface area contributed by atoms with E-state index in [-0.39, 0.29) is 17.9 Å². The number of hydrogen-bond donors (Lipinski definition) is 2. The first kappa shape index (κ1) is 30.7. The summed E-state index contributed by atoms with van der Waals surface area (Å²) in [6, 6.07) is 14.5. The molecule has 5 rings (SSSR count). The number of nitrogens with two attached hydrogens (primary N) is 1. The fourth-order valence-corrected chi connectivity index (χ4v) is 7.25. The highest BCUT2D eigenvalue weighted by molar-refractivity contribution is 7.88. The Hall–Kier alpha value is -2.79. The largest absolute Gasteiger partial charge is 0.389 e. The molecule has 2 aromatic carbocycles. The van der Waals surface area contributed by atoms with Gasteiger partial charge in [0, 0.05) is 67.0 Å². The fourth-order valence-electron chi connectivity index (χ4n) is 6.24. The molecule has 0 bridgehead atoms. The molecule has 2 saturated heterocycles. The van der Waals surface area contributed by atoms with E-state index < -0.39 is 10.0 Å². The molecule has 10 heteroatoms. The molecule has 2 aliphatic rings. The number of hydrogen-bond acceptors (Lipinski definition) is 5. The Bertz CT molecular complexity index is 1540. The normalized spacial score (nSPS) is 17.4. The molecule has 0 spiro atoms. The van der Waals surface area contributed by atoms with Gasteiger partial charge >= 0.3 is 0 Å². The van der Waals surface area contributed by atoms with E-state index in [2.05, 4.69) is 52.2 Å². The Morgan fingerprint density at radius 2 is 1.83 bits per heavy atom. The number of piperidine rings is 1. The van der Waals surface area contributed by atoms with Gasteiger partial charge in [-0.2, -0.15) is 0 Å². The Morgan fingerprint density at radius 3 is 2.52 bits per heavy atom. The Labute approximate surface area is 255 Å². The van der Waals surface area contributed by atoms with Crippen molar-refractivity contribution in [2.24, 2.45) is 11.7 Å². The van der Waals surface area contributed by atoms with Crippen LogP contribution in [0.3, 0.4) is 0 Å². The maximum Gasteiger partial charge on any atom is 0.225 e. The number of thiocarbonyl (C=S) groups is 1. The number of amides is 1. The number of benzene rings is 2. The van der Waals surface area contributed by atoms with E-state index in [1.165, 1.54) is 31.9 Å². The van der Waals surface area contributed by atoms with Crippen LogP contribution in [0.2, 0.25) is 0 Å². The van der Waals surface area contributed by atoms with E-state index in [0.717, 1.165) is 65.6 Å². The van der Waals surface area contributed by atoms with E-state index in [4.69, 9.17) is 18.0 Å². The Balaban J connectivity index is 1.33. The predicted molar refractivity (Wildman–Crippen MR) is 174 cm³/mol. The van der Waals surface area contributed by atoms with Crippen LogP contribution in [0.5, 0.6) is 0 Å². The molecule has 0 unspecified atom stereocenters. The number of carbonyl (C=O) groups is 1. The van der Waals surface area contributed by atoms with Crippen LogP contribution in [0.25, 0.3) is 22.0 Å². The van der Waals surface area contributed by atoms with Gasteiger partial charge in [-0.25, -0.2) is 12.7 Å². The van der Waals surface area contributed by atoms with Gasteiger partial charge in [0.1, 0.15) is 4.99 Å². The topological polar surface area (TPSA) is 101 Å². The number of fused-ring (bicyclic) bond motifs is 1. The van der Waals surface area contributed by atoms with Crippen molar-refractivity contribution in [3.05, 3.63) is 59.8 Å². The molecule has 2 fully saturated rings.